The molecule has 20 heavy (non-hydrogen) atoms. The molecule has 100 valence electrons. The van der Waals surface area contributed by atoms with Crippen LogP contribution in [0.1, 0.15) is 5.01 Å². The van der Waals surface area contributed by atoms with E-state index in [9.17, 15) is 8.78 Å². The summed E-state index contributed by atoms with van der Waals surface area (Å²) in [5, 5.41) is 2.88. The van der Waals surface area contributed by atoms with Gasteiger partial charge in [-0.3, -0.25) is 4.98 Å². The quantitative estimate of drug-likeness (QED) is 0.696. The number of halogens is 2. The first-order valence-electron chi connectivity index (χ1n) is 5.96. The van der Waals surface area contributed by atoms with Crippen LogP contribution in [0.2, 0.25) is 0 Å². The number of thiazole rings is 1. The van der Waals surface area contributed by atoms with Crippen LogP contribution < -0.4 is 0 Å². The van der Waals surface area contributed by atoms with Crippen molar-refractivity contribution in [1.82, 2.24) is 9.97 Å². The molecule has 3 rings (SSSR count). The average molecular weight is 288 g/mol. The molecule has 0 saturated heterocycles. The zero-order valence-corrected chi connectivity index (χ0v) is 11.4. The summed E-state index contributed by atoms with van der Waals surface area (Å²) in [4.78, 5) is 8.49. The Balaban J connectivity index is 2.07. The van der Waals surface area contributed by atoms with Crippen molar-refractivity contribution in [3.63, 3.8) is 0 Å². The monoisotopic (exact) mass is 288 g/mol. The second-order valence-electron chi connectivity index (χ2n) is 4.34. The Labute approximate surface area is 118 Å². The average Bonchev–Trinajstić information content (AvgIpc) is 2.86. The molecule has 0 amide bonds. The number of rotatable bonds is 2. The van der Waals surface area contributed by atoms with Crippen molar-refractivity contribution in [1.29, 1.82) is 0 Å². The molecule has 0 unspecified atom stereocenters. The van der Waals surface area contributed by atoms with E-state index < -0.39 is 11.6 Å². The van der Waals surface area contributed by atoms with Gasteiger partial charge in [-0.15, -0.1) is 11.3 Å². The van der Waals surface area contributed by atoms with Gasteiger partial charge in [0.05, 0.1) is 10.7 Å². The zero-order chi connectivity index (χ0) is 14.1. The van der Waals surface area contributed by atoms with E-state index >= 15 is 0 Å². The van der Waals surface area contributed by atoms with Crippen molar-refractivity contribution < 1.29 is 8.78 Å². The van der Waals surface area contributed by atoms with E-state index in [-0.39, 0.29) is 0 Å². The lowest BCUT2D eigenvalue weighted by atomic mass is 10.0. The zero-order valence-electron chi connectivity index (χ0n) is 10.6. The third kappa shape index (κ3) is 2.44. The highest BCUT2D eigenvalue weighted by Crippen LogP contribution is 2.28. The van der Waals surface area contributed by atoms with Crippen LogP contribution in [-0.2, 0) is 0 Å². The van der Waals surface area contributed by atoms with Crippen LogP contribution in [0.3, 0.4) is 0 Å². The van der Waals surface area contributed by atoms with Gasteiger partial charge in [-0.1, -0.05) is 0 Å². The highest BCUT2D eigenvalue weighted by Gasteiger charge is 2.09. The molecule has 0 aliphatic rings. The number of benzene rings is 1. The molecule has 0 atom stereocenters. The van der Waals surface area contributed by atoms with Gasteiger partial charge in [-0.05, 0) is 25.1 Å². The van der Waals surface area contributed by atoms with Gasteiger partial charge in [0.1, 0.15) is 11.6 Å². The van der Waals surface area contributed by atoms with Gasteiger partial charge in [-0.25, -0.2) is 13.8 Å². The molecule has 0 bridgehead atoms. The summed E-state index contributed by atoms with van der Waals surface area (Å²) in [5.41, 5.74) is 2.55. The summed E-state index contributed by atoms with van der Waals surface area (Å²) in [5.74, 6) is -1.19. The van der Waals surface area contributed by atoms with E-state index in [4.69, 9.17) is 0 Å². The highest BCUT2D eigenvalue weighted by atomic mass is 32.1. The minimum absolute atomic E-state index is 0.327. The predicted molar refractivity (Wildman–Crippen MR) is 75.4 cm³/mol. The topological polar surface area (TPSA) is 25.8 Å². The molecule has 5 heteroatoms. The van der Waals surface area contributed by atoms with Gasteiger partial charge in [0, 0.05) is 40.5 Å². The fourth-order valence-electron chi connectivity index (χ4n) is 1.95. The molecule has 0 radical (unpaired) electrons. The summed E-state index contributed by atoms with van der Waals surface area (Å²) in [6.07, 6.45) is 3.23. The largest absolute Gasteiger partial charge is 0.263 e. The maximum atomic E-state index is 13.8. The van der Waals surface area contributed by atoms with Crippen molar-refractivity contribution in [3.8, 4) is 22.4 Å². The minimum Gasteiger partial charge on any atom is -0.263 e. The summed E-state index contributed by atoms with van der Waals surface area (Å²) < 4.78 is 26.7. The van der Waals surface area contributed by atoms with Crippen LogP contribution in [-0.4, -0.2) is 9.97 Å². The van der Waals surface area contributed by atoms with Crippen LogP contribution in [0.4, 0.5) is 8.78 Å². The Morgan fingerprint density at radius 3 is 2.55 bits per heavy atom. The van der Waals surface area contributed by atoms with E-state index in [1.54, 1.807) is 29.8 Å². The Hall–Kier alpha value is -2.14. The number of aryl methyl sites for hydroxylation is 1. The van der Waals surface area contributed by atoms with Crippen molar-refractivity contribution >= 4 is 11.3 Å². The maximum Gasteiger partial charge on any atom is 0.133 e. The first-order chi connectivity index (χ1) is 9.63. The maximum absolute atomic E-state index is 13.8. The van der Waals surface area contributed by atoms with Crippen LogP contribution in [0.25, 0.3) is 22.4 Å². The molecule has 2 heterocycles. The predicted octanol–water partition coefficient (Wildman–Crippen LogP) is 4.46. The van der Waals surface area contributed by atoms with Gasteiger partial charge in [0.25, 0.3) is 0 Å². The molecule has 0 N–H and O–H groups in total. The summed E-state index contributed by atoms with van der Waals surface area (Å²) in [6.45, 7) is 1.92. The highest BCUT2D eigenvalue weighted by molar-refractivity contribution is 7.09. The molecule has 0 aliphatic heterocycles. The second-order valence-corrected chi connectivity index (χ2v) is 5.40. The Bertz CT molecular complexity index is 768. The van der Waals surface area contributed by atoms with E-state index in [0.29, 0.717) is 11.1 Å². The molecular weight excluding hydrogens is 278 g/mol. The fourth-order valence-corrected chi connectivity index (χ4v) is 2.57. The van der Waals surface area contributed by atoms with E-state index in [1.807, 2.05) is 12.3 Å². The van der Waals surface area contributed by atoms with E-state index in [0.717, 1.165) is 22.3 Å². The lowest BCUT2D eigenvalue weighted by Crippen LogP contribution is -1.89. The normalized spacial score (nSPS) is 10.8. The molecule has 0 aliphatic carbocycles. The number of aromatic nitrogens is 2. The number of hydrogen-bond donors (Lipinski definition) is 0. The van der Waals surface area contributed by atoms with E-state index in [2.05, 4.69) is 9.97 Å². The van der Waals surface area contributed by atoms with Crippen LogP contribution >= 0.6 is 11.3 Å². The Kier molecular flexibility index (Phi) is 3.28. The summed E-state index contributed by atoms with van der Waals surface area (Å²) in [7, 11) is 0. The molecule has 2 aromatic heterocycles. The molecule has 0 fully saturated rings. The fraction of sp³-hybridized carbons (Fsp3) is 0.0667. The van der Waals surface area contributed by atoms with Crippen molar-refractivity contribution in [2.75, 3.05) is 0 Å². The van der Waals surface area contributed by atoms with Gasteiger partial charge < -0.3 is 0 Å². The van der Waals surface area contributed by atoms with Crippen LogP contribution in [0, 0.1) is 18.6 Å². The SMILES string of the molecule is Cc1nc(-c2cncc(-c3ccc(F)cc3F)c2)cs1. The van der Waals surface area contributed by atoms with Crippen LogP contribution in [0.15, 0.2) is 42.0 Å². The number of pyridine rings is 1. The molecule has 3 aromatic rings. The minimum atomic E-state index is -0.599. The van der Waals surface area contributed by atoms with Gasteiger partial charge >= 0.3 is 0 Å². The lowest BCUT2D eigenvalue weighted by Gasteiger charge is -2.05. The third-order valence-electron chi connectivity index (χ3n) is 2.90. The Morgan fingerprint density at radius 2 is 1.85 bits per heavy atom. The first-order valence-corrected chi connectivity index (χ1v) is 6.84. The van der Waals surface area contributed by atoms with Gasteiger partial charge in [0.2, 0.25) is 0 Å². The van der Waals surface area contributed by atoms with Crippen molar-refractivity contribution in [2.24, 2.45) is 0 Å². The van der Waals surface area contributed by atoms with Gasteiger partial charge in [-0.2, -0.15) is 0 Å². The molecule has 0 spiro atoms. The third-order valence-corrected chi connectivity index (χ3v) is 3.67. The van der Waals surface area contributed by atoms with E-state index in [1.165, 1.54) is 12.1 Å². The first kappa shape index (κ1) is 12.9. The van der Waals surface area contributed by atoms with Crippen LogP contribution in [0.5, 0.6) is 0 Å². The molecule has 2 nitrogen and oxygen atoms in total. The standard InChI is InChI=1S/C15H10F2N2S/c1-9-19-15(8-20-9)11-4-10(6-18-7-11)13-3-2-12(16)5-14(13)17/h2-8H,1H3. The summed E-state index contributed by atoms with van der Waals surface area (Å²) in [6, 6.07) is 5.32. The lowest BCUT2D eigenvalue weighted by molar-refractivity contribution is 0.585. The Morgan fingerprint density at radius 1 is 1.05 bits per heavy atom. The number of nitrogens with zero attached hydrogens (tertiary/aromatic N) is 2. The van der Waals surface area contributed by atoms with Crippen molar-refractivity contribution in [3.05, 3.63) is 58.7 Å². The van der Waals surface area contributed by atoms with Gasteiger partial charge in [0.15, 0.2) is 0 Å². The number of hydrogen-bond acceptors (Lipinski definition) is 3. The molecule has 1 aromatic carbocycles. The molecular formula is C15H10F2N2S. The van der Waals surface area contributed by atoms with Crippen molar-refractivity contribution in [2.45, 2.75) is 6.92 Å². The molecule has 0 saturated carbocycles. The summed E-state index contributed by atoms with van der Waals surface area (Å²) >= 11 is 1.54. The smallest absolute Gasteiger partial charge is 0.133 e. The second kappa shape index (κ2) is 5.09.